The molecule has 18 heavy (non-hydrogen) atoms. The van der Waals surface area contributed by atoms with Crippen molar-refractivity contribution in [3.63, 3.8) is 0 Å². The molecule has 2 amide bonds. The smallest absolute Gasteiger partial charge is 0.309 e. The lowest BCUT2D eigenvalue weighted by molar-refractivity contribution is -0.139. The molecule has 0 aliphatic heterocycles. The molecule has 0 aliphatic carbocycles. The molecule has 0 aromatic carbocycles. The van der Waals surface area contributed by atoms with Crippen molar-refractivity contribution in [2.45, 2.75) is 13.5 Å². The zero-order chi connectivity index (χ0) is 13.5. The maximum absolute atomic E-state index is 11.4. The van der Waals surface area contributed by atoms with Crippen molar-refractivity contribution >= 4 is 29.0 Å². The summed E-state index contributed by atoms with van der Waals surface area (Å²) in [7, 11) is 0. The van der Waals surface area contributed by atoms with Crippen LogP contribution in [0, 0.1) is 6.92 Å². The molecule has 1 rings (SSSR count). The SMILES string of the molecule is Cc1nccc(CNC(=O)C(=O)NCC(N)=S)n1. The van der Waals surface area contributed by atoms with E-state index in [1.165, 1.54) is 0 Å². The fourth-order valence-electron chi connectivity index (χ4n) is 1.10. The number of carbonyl (C=O) groups is 2. The highest BCUT2D eigenvalue weighted by molar-refractivity contribution is 7.80. The Bertz CT molecular complexity index is 477. The van der Waals surface area contributed by atoms with E-state index in [1.807, 2.05) is 0 Å². The summed E-state index contributed by atoms with van der Waals surface area (Å²) in [5.41, 5.74) is 5.81. The van der Waals surface area contributed by atoms with Gasteiger partial charge in [-0.05, 0) is 13.0 Å². The Morgan fingerprint density at radius 1 is 1.39 bits per heavy atom. The molecule has 8 heteroatoms. The molecule has 96 valence electrons. The molecule has 0 atom stereocenters. The Kier molecular flexibility index (Phi) is 5.12. The molecule has 1 aromatic heterocycles. The number of nitrogens with one attached hydrogen (secondary N) is 2. The highest BCUT2D eigenvalue weighted by atomic mass is 32.1. The van der Waals surface area contributed by atoms with Crippen LogP contribution in [0.25, 0.3) is 0 Å². The Hall–Kier alpha value is -2.09. The number of rotatable bonds is 4. The van der Waals surface area contributed by atoms with E-state index in [0.29, 0.717) is 11.5 Å². The van der Waals surface area contributed by atoms with Crippen LogP contribution in [-0.4, -0.2) is 33.3 Å². The zero-order valence-corrected chi connectivity index (χ0v) is 10.6. The van der Waals surface area contributed by atoms with Crippen molar-refractivity contribution in [3.8, 4) is 0 Å². The number of hydrogen-bond donors (Lipinski definition) is 3. The topological polar surface area (TPSA) is 110 Å². The number of aryl methyl sites for hydroxylation is 1. The second-order valence-electron chi connectivity index (χ2n) is 3.43. The van der Waals surface area contributed by atoms with Crippen LogP contribution in [0.4, 0.5) is 0 Å². The van der Waals surface area contributed by atoms with Gasteiger partial charge < -0.3 is 16.4 Å². The van der Waals surface area contributed by atoms with E-state index in [1.54, 1.807) is 19.2 Å². The average molecular weight is 267 g/mol. The minimum Gasteiger partial charge on any atom is -0.392 e. The molecule has 4 N–H and O–H groups in total. The summed E-state index contributed by atoms with van der Waals surface area (Å²) in [6.07, 6.45) is 1.58. The Balaban J connectivity index is 2.41. The van der Waals surface area contributed by atoms with Crippen molar-refractivity contribution < 1.29 is 9.59 Å². The number of nitrogens with zero attached hydrogens (tertiary/aromatic N) is 2. The molecule has 0 unspecified atom stereocenters. The first-order valence-electron chi connectivity index (χ1n) is 5.12. The minimum absolute atomic E-state index is 0.00575. The van der Waals surface area contributed by atoms with Gasteiger partial charge in [-0.1, -0.05) is 12.2 Å². The molecule has 0 spiro atoms. The minimum atomic E-state index is -0.784. The van der Waals surface area contributed by atoms with Gasteiger partial charge in [0.25, 0.3) is 0 Å². The zero-order valence-electron chi connectivity index (χ0n) is 9.77. The van der Waals surface area contributed by atoms with Crippen molar-refractivity contribution in [1.82, 2.24) is 20.6 Å². The van der Waals surface area contributed by atoms with Crippen molar-refractivity contribution in [1.29, 1.82) is 0 Å². The van der Waals surface area contributed by atoms with Crippen LogP contribution in [-0.2, 0) is 16.1 Å². The van der Waals surface area contributed by atoms with Gasteiger partial charge in [-0.2, -0.15) is 0 Å². The third kappa shape index (κ3) is 4.83. The second kappa shape index (κ2) is 6.60. The van der Waals surface area contributed by atoms with Gasteiger partial charge in [-0.25, -0.2) is 9.97 Å². The quantitative estimate of drug-likeness (QED) is 0.467. The van der Waals surface area contributed by atoms with Crippen LogP contribution in [0.1, 0.15) is 11.5 Å². The number of thiocarbonyl (C=S) groups is 1. The van der Waals surface area contributed by atoms with Crippen molar-refractivity contribution in [2.75, 3.05) is 6.54 Å². The molecule has 0 radical (unpaired) electrons. The van der Waals surface area contributed by atoms with E-state index in [2.05, 4.69) is 32.8 Å². The maximum atomic E-state index is 11.4. The average Bonchev–Trinajstić information content (AvgIpc) is 2.33. The van der Waals surface area contributed by atoms with E-state index in [-0.39, 0.29) is 18.1 Å². The molecule has 0 saturated carbocycles. The highest BCUT2D eigenvalue weighted by Crippen LogP contribution is 1.93. The molecule has 0 fully saturated rings. The van der Waals surface area contributed by atoms with E-state index < -0.39 is 11.8 Å². The number of amides is 2. The van der Waals surface area contributed by atoms with Gasteiger partial charge in [0.2, 0.25) is 0 Å². The van der Waals surface area contributed by atoms with Crippen LogP contribution in [0.3, 0.4) is 0 Å². The molecular weight excluding hydrogens is 254 g/mol. The van der Waals surface area contributed by atoms with Crippen LogP contribution in [0.2, 0.25) is 0 Å². The summed E-state index contributed by atoms with van der Waals surface area (Å²) < 4.78 is 0. The van der Waals surface area contributed by atoms with E-state index in [0.717, 1.165) is 0 Å². The van der Waals surface area contributed by atoms with Gasteiger partial charge in [0, 0.05) is 6.20 Å². The van der Waals surface area contributed by atoms with Gasteiger partial charge in [0.05, 0.1) is 23.8 Å². The van der Waals surface area contributed by atoms with Gasteiger partial charge in [0.1, 0.15) is 5.82 Å². The lowest BCUT2D eigenvalue weighted by Crippen LogP contribution is -2.42. The lowest BCUT2D eigenvalue weighted by atomic mass is 10.4. The van der Waals surface area contributed by atoms with Crippen molar-refractivity contribution in [3.05, 3.63) is 23.8 Å². The molecule has 0 bridgehead atoms. The van der Waals surface area contributed by atoms with E-state index >= 15 is 0 Å². The normalized spacial score (nSPS) is 9.61. The molecule has 7 nitrogen and oxygen atoms in total. The number of nitrogens with two attached hydrogens (primary N) is 1. The summed E-state index contributed by atoms with van der Waals surface area (Å²) in [5.74, 6) is -0.948. The van der Waals surface area contributed by atoms with E-state index in [4.69, 9.17) is 5.73 Å². The third-order valence-electron chi connectivity index (χ3n) is 1.89. The first kappa shape index (κ1) is 14.0. The maximum Gasteiger partial charge on any atom is 0.309 e. The first-order chi connectivity index (χ1) is 8.49. The predicted octanol–water partition coefficient (Wildman–Crippen LogP) is -1.20. The third-order valence-corrected chi connectivity index (χ3v) is 2.04. The summed E-state index contributed by atoms with van der Waals surface area (Å²) in [6, 6.07) is 1.65. The fourth-order valence-corrected chi connectivity index (χ4v) is 1.17. The van der Waals surface area contributed by atoms with Gasteiger partial charge >= 0.3 is 11.8 Å². The summed E-state index contributed by atoms with van der Waals surface area (Å²) in [5, 5.41) is 4.70. The Morgan fingerprint density at radius 2 is 2.06 bits per heavy atom. The molecular formula is C10H13N5O2S. The van der Waals surface area contributed by atoms with Crippen LogP contribution in [0.5, 0.6) is 0 Å². The highest BCUT2D eigenvalue weighted by Gasteiger charge is 2.12. The van der Waals surface area contributed by atoms with E-state index in [9.17, 15) is 9.59 Å². The molecule has 1 aromatic rings. The van der Waals surface area contributed by atoms with Crippen LogP contribution >= 0.6 is 12.2 Å². The molecule has 1 heterocycles. The summed E-state index contributed by atoms with van der Waals surface area (Å²) in [4.78, 5) is 30.7. The van der Waals surface area contributed by atoms with Crippen LogP contribution in [0.15, 0.2) is 12.3 Å². The van der Waals surface area contributed by atoms with Crippen LogP contribution < -0.4 is 16.4 Å². The fraction of sp³-hybridized carbons (Fsp3) is 0.300. The van der Waals surface area contributed by atoms with Gasteiger partial charge in [-0.3, -0.25) is 9.59 Å². The Morgan fingerprint density at radius 3 is 2.67 bits per heavy atom. The number of aromatic nitrogens is 2. The number of hydrogen-bond acceptors (Lipinski definition) is 5. The standard InChI is InChI=1S/C10H13N5O2S/c1-6-12-3-2-7(15-6)4-13-9(16)10(17)14-5-8(11)18/h2-3H,4-5H2,1H3,(H2,11,18)(H,13,16)(H,14,17). The predicted molar refractivity (Wildman–Crippen MR) is 68.4 cm³/mol. The first-order valence-corrected chi connectivity index (χ1v) is 5.52. The summed E-state index contributed by atoms with van der Waals surface area (Å²) in [6.45, 7) is 1.89. The van der Waals surface area contributed by atoms with Crippen molar-refractivity contribution in [2.24, 2.45) is 5.73 Å². The largest absolute Gasteiger partial charge is 0.392 e. The Labute approximate surface area is 109 Å². The summed E-state index contributed by atoms with van der Waals surface area (Å²) >= 11 is 4.57. The lowest BCUT2D eigenvalue weighted by Gasteiger charge is -2.05. The van der Waals surface area contributed by atoms with Gasteiger partial charge in [0.15, 0.2) is 0 Å². The molecule has 0 saturated heterocycles. The van der Waals surface area contributed by atoms with Gasteiger partial charge in [-0.15, -0.1) is 0 Å². The second-order valence-corrected chi connectivity index (χ2v) is 3.95. The number of carbonyl (C=O) groups excluding carboxylic acids is 2. The molecule has 0 aliphatic rings. The monoisotopic (exact) mass is 267 g/mol.